The third-order valence-electron chi connectivity index (χ3n) is 2.53. The van der Waals surface area contributed by atoms with Gasteiger partial charge in [0.2, 0.25) is 0 Å². The van der Waals surface area contributed by atoms with Crippen LogP contribution >= 0.6 is 0 Å². The van der Waals surface area contributed by atoms with E-state index in [2.05, 4.69) is 0 Å². The molecule has 2 aromatic carbocycles. The highest BCUT2D eigenvalue weighted by atomic mass is 19.2. The highest BCUT2D eigenvalue weighted by Gasteiger charge is 2.21. The number of hydrogen-bond donors (Lipinski definition) is 0. The molecule has 0 aliphatic carbocycles. The zero-order chi connectivity index (χ0) is 12.6. The van der Waals surface area contributed by atoms with Crippen LogP contribution in [0.15, 0.2) is 30.3 Å². The molecule has 88 valence electrons. The second-order valence-corrected chi connectivity index (χ2v) is 3.66. The first-order valence-electron chi connectivity index (χ1n) is 4.91. The average molecular weight is 240 g/mol. The van der Waals surface area contributed by atoms with E-state index < -0.39 is 28.8 Å². The maximum Gasteiger partial charge on any atom is 0.169 e. The van der Waals surface area contributed by atoms with Gasteiger partial charge >= 0.3 is 0 Å². The third kappa shape index (κ3) is 1.90. The SMILES string of the molecule is Cc1ccccc1-c1c(F)c(F)cc(F)c1F. The molecule has 2 aromatic rings. The van der Waals surface area contributed by atoms with Crippen LogP contribution in [-0.2, 0) is 0 Å². The van der Waals surface area contributed by atoms with Crippen molar-refractivity contribution in [3.05, 3.63) is 59.2 Å². The van der Waals surface area contributed by atoms with Crippen LogP contribution in [0.5, 0.6) is 0 Å². The molecular weight excluding hydrogens is 232 g/mol. The van der Waals surface area contributed by atoms with E-state index in [-0.39, 0.29) is 11.6 Å². The summed E-state index contributed by atoms with van der Waals surface area (Å²) in [6.07, 6.45) is 0. The Kier molecular flexibility index (Phi) is 2.88. The molecular formula is C13H8F4. The summed E-state index contributed by atoms with van der Waals surface area (Å²) in [5, 5.41) is 0. The van der Waals surface area contributed by atoms with Crippen molar-refractivity contribution in [2.45, 2.75) is 6.92 Å². The molecule has 4 heteroatoms. The number of aryl methyl sites for hydroxylation is 1. The maximum absolute atomic E-state index is 13.5. The van der Waals surface area contributed by atoms with Gasteiger partial charge in [-0.1, -0.05) is 24.3 Å². The lowest BCUT2D eigenvalue weighted by Crippen LogP contribution is -1.99. The zero-order valence-electron chi connectivity index (χ0n) is 8.90. The Morgan fingerprint density at radius 3 is 1.88 bits per heavy atom. The Morgan fingerprint density at radius 2 is 1.35 bits per heavy atom. The lowest BCUT2D eigenvalue weighted by Gasteiger charge is -2.09. The van der Waals surface area contributed by atoms with Gasteiger partial charge in [0.1, 0.15) is 0 Å². The van der Waals surface area contributed by atoms with Crippen molar-refractivity contribution >= 4 is 0 Å². The number of benzene rings is 2. The van der Waals surface area contributed by atoms with Gasteiger partial charge in [0.15, 0.2) is 23.3 Å². The summed E-state index contributed by atoms with van der Waals surface area (Å²) in [6, 6.07) is 6.44. The van der Waals surface area contributed by atoms with E-state index in [1.165, 1.54) is 6.07 Å². The minimum absolute atomic E-state index is 0.140. The average Bonchev–Trinajstić information content (AvgIpc) is 2.29. The van der Waals surface area contributed by atoms with Crippen LogP contribution in [0.1, 0.15) is 5.56 Å². The molecule has 0 N–H and O–H groups in total. The number of rotatable bonds is 1. The zero-order valence-corrected chi connectivity index (χ0v) is 8.90. The van der Waals surface area contributed by atoms with E-state index in [4.69, 9.17) is 0 Å². The fourth-order valence-corrected chi connectivity index (χ4v) is 1.66. The van der Waals surface area contributed by atoms with E-state index in [0.29, 0.717) is 5.56 Å². The second kappa shape index (κ2) is 4.20. The Labute approximate surface area is 95.5 Å². The largest absolute Gasteiger partial charge is 0.204 e. The van der Waals surface area contributed by atoms with Crippen molar-refractivity contribution in [1.29, 1.82) is 0 Å². The number of halogens is 4. The van der Waals surface area contributed by atoms with Crippen LogP contribution in [-0.4, -0.2) is 0 Å². The van der Waals surface area contributed by atoms with Gasteiger partial charge in [-0.15, -0.1) is 0 Å². The van der Waals surface area contributed by atoms with E-state index in [1.54, 1.807) is 25.1 Å². The van der Waals surface area contributed by atoms with E-state index in [1.807, 2.05) is 0 Å². The molecule has 0 spiro atoms. The standard InChI is InChI=1S/C13H8F4/c1-7-4-2-3-5-8(7)11-12(16)9(14)6-10(15)13(11)17/h2-6H,1H3. The van der Waals surface area contributed by atoms with Crippen molar-refractivity contribution in [2.24, 2.45) is 0 Å². The summed E-state index contributed by atoms with van der Waals surface area (Å²) in [5.41, 5.74) is 0.0109. The van der Waals surface area contributed by atoms with Gasteiger partial charge in [-0.3, -0.25) is 0 Å². The van der Waals surface area contributed by atoms with Gasteiger partial charge in [-0.2, -0.15) is 0 Å². The molecule has 0 radical (unpaired) electrons. The summed E-state index contributed by atoms with van der Waals surface area (Å²) >= 11 is 0. The van der Waals surface area contributed by atoms with Gasteiger partial charge in [0, 0.05) is 6.07 Å². The van der Waals surface area contributed by atoms with Crippen molar-refractivity contribution in [3.63, 3.8) is 0 Å². The predicted molar refractivity (Wildman–Crippen MR) is 56.4 cm³/mol. The molecule has 17 heavy (non-hydrogen) atoms. The summed E-state index contributed by atoms with van der Waals surface area (Å²) in [4.78, 5) is 0. The minimum atomic E-state index is -1.40. The van der Waals surface area contributed by atoms with Gasteiger partial charge in [0.05, 0.1) is 5.56 Å². The molecule has 0 saturated heterocycles. The third-order valence-corrected chi connectivity index (χ3v) is 2.53. The molecule has 0 atom stereocenters. The fraction of sp³-hybridized carbons (Fsp3) is 0.0769. The van der Waals surface area contributed by atoms with Crippen molar-refractivity contribution < 1.29 is 17.6 Å². The smallest absolute Gasteiger partial charge is 0.169 e. The fourth-order valence-electron chi connectivity index (χ4n) is 1.66. The molecule has 0 amide bonds. The Morgan fingerprint density at radius 1 is 0.824 bits per heavy atom. The van der Waals surface area contributed by atoms with Crippen molar-refractivity contribution in [1.82, 2.24) is 0 Å². The molecule has 0 aliphatic rings. The van der Waals surface area contributed by atoms with Crippen LogP contribution < -0.4 is 0 Å². The molecule has 0 aliphatic heterocycles. The van der Waals surface area contributed by atoms with Crippen molar-refractivity contribution in [3.8, 4) is 11.1 Å². The van der Waals surface area contributed by atoms with Gasteiger partial charge in [0.25, 0.3) is 0 Å². The Hall–Kier alpha value is -1.84. The van der Waals surface area contributed by atoms with Gasteiger partial charge in [-0.25, -0.2) is 17.6 Å². The normalized spacial score (nSPS) is 10.6. The first-order chi connectivity index (χ1) is 8.02. The molecule has 0 bridgehead atoms. The molecule has 0 fully saturated rings. The summed E-state index contributed by atoms with van der Waals surface area (Å²) in [6.45, 7) is 1.61. The maximum atomic E-state index is 13.5. The van der Waals surface area contributed by atoms with E-state index in [9.17, 15) is 17.6 Å². The molecule has 0 nitrogen and oxygen atoms in total. The van der Waals surface area contributed by atoms with Crippen LogP contribution in [0.25, 0.3) is 11.1 Å². The highest BCUT2D eigenvalue weighted by Crippen LogP contribution is 2.31. The van der Waals surface area contributed by atoms with Gasteiger partial charge < -0.3 is 0 Å². The molecule has 0 saturated carbocycles. The monoisotopic (exact) mass is 240 g/mol. The summed E-state index contributed by atoms with van der Waals surface area (Å²) in [7, 11) is 0. The molecule has 2 rings (SSSR count). The first kappa shape index (κ1) is 11.6. The van der Waals surface area contributed by atoms with Crippen LogP contribution in [0.2, 0.25) is 0 Å². The van der Waals surface area contributed by atoms with Crippen molar-refractivity contribution in [2.75, 3.05) is 0 Å². The van der Waals surface area contributed by atoms with E-state index >= 15 is 0 Å². The van der Waals surface area contributed by atoms with Crippen LogP contribution in [0.3, 0.4) is 0 Å². The molecule has 0 heterocycles. The quantitative estimate of drug-likeness (QED) is 0.517. The lowest BCUT2D eigenvalue weighted by molar-refractivity contribution is 0.458. The highest BCUT2D eigenvalue weighted by molar-refractivity contribution is 5.68. The summed E-state index contributed by atoms with van der Waals surface area (Å²) in [5.74, 6) is -5.55. The summed E-state index contributed by atoms with van der Waals surface area (Å²) < 4.78 is 53.2. The van der Waals surface area contributed by atoms with Crippen LogP contribution in [0.4, 0.5) is 17.6 Å². The minimum Gasteiger partial charge on any atom is -0.204 e. The lowest BCUT2D eigenvalue weighted by atomic mass is 9.99. The first-order valence-corrected chi connectivity index (χ1v) is 4.91. The molecule has 0 aromatic heterocycles. The second-order valence-electron chi connectivity index (χ2n) is 3.66. The number of hydrogen-bond acceptors (Lipinski definition) is 0. The van der Waals surface area contributed by atoms with Crippen LogP contribution in [0, 0.1) is 30.2 Å². The Balaban J connectivity index is 2.80. The topological polar surface area (TPSA) is 0 Å². The predicted octanol–water partition coefficient (Wildman–Crippen LogP) is 4.22. The molecule has 0 unspecified atom stereocenters. The van der Waals surface area contributed by atoms with E-state index in [0.717, 1.165) is 0 Å². The Bertz CT molecular complexity index is 550. The van der Waals surface area contributed by atoms with Gasteiger partial charge in [-0.05, 0) is 18.1 Å².